The Morgan fingerprint density at radius 2 is 2.22 bits per heavy atom. The van der Waals surface area contributed by atoms with Crippen LogP contribution < -0.4 is 5.32 Å². The Balaban J connectivity index is 2.04. The molecule has 0 saturated carbocycles. The van der Waals surface area contributed by atoms with Crippen molar-refractivity contribution in [3.8, 4) is 0 Å². The van der Waals surface area contributed by atoms with Crippen LogP contribution in [0, 0.1) is 0 Å². The second kappa shape index (κ2) is 6.16. The molecular weight excluding hydrogens is 290 g/mol. The third-order valence-corrected chi connectivity index (χ3v) is 3.70. The van der Waals surface area contributed by atoms with Crippen LogP contribution in [0.5, 0.6) is 0 Å². The van der Waals surface area contributed by atoms with Crippen LogP contribution in [0.15, 0.2) is 41.0 Å². The molecule has 0 amide bonds. The van der Waals surface area contributed by atoms with Gasteiger partial charge in [0.15, 0.2) is 0 Å². The van der Waals surface area contributed by atoms with Gasteiger partial charge < -0.3 is 5.32 Å². The standard InChI is InChI=1S/C14H18BrN3/c1-16-14(11-4-3-5-12(15)10-11)7-6-13-8-9-17-18(13)2/h3-5,8-10,14,16H,6-7H2,1-2H3. The Hall–Kier alpha value is -1.13. The second-order valence-corrected chi connectivity index (χ2v) is 5.30. The molecule has 2 aromatic rings. The Morgan fingerprint density at radius 3 is 2.83 bits per heavy atom. The lowest BCUT2D eigenvalue weighted by molar-refractivity contribution is 0.535. The molecule has 0 fully saturated rings. The number of nitrogens with one attached hydrogen (secondary N) is 1. The number of halogens is 1. The van der Waals surface area contributed by atoms with Crippen LogP contribution in [0.1, 0.15) is 23.7 Å². The normalized spacial score (nSPS) is 12.6. The van der Waals surface area contributed by atoms with Gasteiger partial charge in [-0.15, -0.1) is 0 Å². The van der Waals surface area contributed by atoms with Gasteiger partial charge in [0.1, 0.15) is 0 Å². The van der Waals surface area contributed by atoms with Gasteiger partial charge in [0.05, 0.1) is 0 Å². The van der Waals surface area contributed by atoms with Crippen molar-refractivity contribution in [2.75, 3.05) is 7.05 Å². The fourth-order valence-electron chi connectivity index (χ4n) is 2.14. The van der Waals surface area contributed by atoms with Gasteiger partial charge in [-0.1, -0.05) is 28.1 Å². The molecule has 1 heterocycles. The van der Waals surface area contributed by atoms with E-state index in [-0.39, 0.29) is 0 Å². The van der Waals surface area contributed by atoms with E-state index in [2.05, 4.69) is 56.7 Å². The average Bonchev–Trinajstić information content (AvgIpc) is 2.76. The number of benzene rings is 1. The molecule has 18 heavy (non-hydrogen) atoms. The van der Waals surface area contributed by atoms with Gasteiger partial charge in [0.2, 0.25) is 0 Å². The van der Waals surface area contributed by atoms with Crippen LogP contribution in [0.2, 0.25) is 0 Å². The highest BCUT2D eigenvalue weighted by Gasteiger charge is 2.10. The van der Waals surface area contributed by atoms with E-state index in [0.717, 1.165) is 17.3 Å². The maximum atomic E-state index is 4.20. The van der Waals surface area contributed by atoms with Crippen molar-refractivity contribution in [3.05, 3.63) is 52.3 Å². The minimum absolute atomic E-state index is 0.373. The summed E-state index contributed by atoms with van der Waals surface area (Å²) in [5.41, 5.74) is 2.58. The van der Waals surface area contributed by atoms with Gasteiger partial charge in [-0.05, 0) is 43.7 Å². The summed E-state index contributed by atoms with van der Waals surface area (Å²) in [6, 6.07) is 10.9. The molecule has 0 aliphatic carbocycles. The Bertz CT molecular complexity index is 507. The van der Waals surface area contributed by atoms with Crippen LogP contribution >= 0.6 is 15.9 Å². The van der Waals surface area contributed by atoms with Crippen molar-refractivity contribution in [2.24, 2.45) is 7.05 Å². The molecule has 0 aliphatic rings. The van der Waals surface area contributed by atoms with E-state index in [4.69, 9.17) is 0 Å². The van der Waals surface area contributed by atoms with Crippen molar-refractivity contribution in [3.63, 3.8) is 0 Å². The molecule has 0 bridgehead atoms. The van der Waals surface area contributed by atoms with Crippen LogP contribution in [0.3, 0.4) is 0 Å². The Morgan fingerprint density at radius 1 is 1.39 bits per heavy atom. The highest BCUT2D eigenvalue weighted by molar-refractivity contribution is 9.10. The predicted molar refractivity (Wildman–Crippen MR) is 77.5 cm³/mol. The van der Waals surface area contributed by atoms with Crippen LogP contribution in [0.25, 0.3) is 0 Å². The molecule has 1 aromatic carbocycles. The fraction of sp³-hybridized carbons (Fsp3) is 0.357. The number of aromatic nitrogens is 2. The van der Waals surface area contributed by atoms with Gasteiger partial charge >= 0.3 is 0 Å². The van der Waals surface area contributed by atoms with Crippen LogP contribution in [-0.4, -0.2) is 16.8 Å². The van der Waals surface area contributed by atoms with Gasteiger partial charge in [-0.25, -0.2) is 0 Å². The molecule has 4 heteroatoms. The first-order valence-electron chi connectivity index (χ1n) is 6.10. The maximum absolute atomic E-state index is 4.20. The molecule has 96 valence electrons. The lowest BCUT2D eigenvalue weighted by atomic mass is 10.0. The minimum atomic E-state index is 0.373. The Labute approximate surface area is 116 Å². The van der Waals surface area contributed by atoms with Crippen molar-refractivity contribution >= 4 is 15.9 Å². The number of hydrogen-bond acceptors (Lipinski definition) is 2. The third kappa shape index (κ3) is 3.21. The largest absolute Gasteiger partial charge is 0.313 e. The molecule has 1 N–H and O–H groups in total. The van der Waals surface area contributed by atoms with E-state index in [1.807, 2.05) is 25.0 Å². The van der Waals surface area contributed by atoms with Gasteiger partial charge in [0, 0.05) is 29.5 Å². The number of hydrogen-bond donors (Lipinski definition) is 1. The molecule has 3 nitrogen and oxygen atoms in total. The van der Waals surface area contributed by atoms with E-state index in [1.165, 1.54) is 11.3 Å². The number of nitrogens with zero attached hydrogens (tertiary/aromatic N) is 2. The summed E-state index contributed by atoms with van der Waals surface area (Å²) in [6.45, 7) is 0. The molecule has 0 radical (unpaired) electrons. The zero-order chi connectivity index (χ0) is 13.0. The van der Waals surface area contributed by atoms with E-state index in [1.54, 1.807) is 0 Å². The topological polar surface area (TPSA) is 29.9 Å². The van der Waals surface area contributed by atoms with E-state index < -0.39 is 0 Å². The van der Waals surface area contributed by atoms with Gasteiger partial charge in [-0.2, -0.15) is 5.10 Å². The summed E-state index contributed by atoms with van der Waals surface area (Å²) in [4.78, 5) is 0. The van der Waals surface area contributed by atoms with E-state index in [9.17, 15) is 0 Å². The zero-order valence-corrected chi connectivity index (χ0v) is 12.3. The molecule has 0 saturated heterocycles. The smallest absolute Gasteiger partial charge is 0.0492 e. The van der Waals surface area contributed by atoms with E-state index >= 15 is 0 Å². The molecule has 1 aromatic heterocycles. The first-order chi connectivity index (χ1) is 8.70. The maximum Gasteiger partial charge on any atom is 0.0492 e. The molecule has 2 rings (SSSR count). The SMILES string of the molecule is CNC(CCc1ccnn1C)c1cccc(Br)c1. The van der Waals surface area contributed by atoms with Crippen LogP contribution in [0.4, 0.5) is 0 Å². The fourth-order valence-corrected chi connectivity index (χ4v) is 2.56. The van der Waals surface area contributed by atoms with Gasteiger partial charge in [0.25, 0.3) is 0 Å². The summed E-state index contributed by atoms with van der Waals surface area (Å²) >= 11 is 3.52. The van der Waals surface area contributed by atoms with Crippen molar-refractivity contribution in [1.29, 1.82) is 0 Å². The lowest BCUT2D eigenvalue weighted by Crippen LogP contribution is -2.17. The third-order valence-electron chi connectivity index (χ3n) is 3.21. The first kappa shape index (κ1) is 13.3. The van der Waals surface area contributed by atoms with Crippen molar-refractivity contribution < 1.29 is 0 Å². The summed E-state index contributed by atoms with van der Waals surface area (Å²) in [5.74, 6) is 0. The predicted octanol–water partition coefficient (Wildman–Crippen LogP) is 3.08. The minimum Gasteiger partial charge on any atom is -0.313 e. The summed E-state index contributed by atoms with van der Waals surface area (Å²) in [5, 5.41) is 7.57. The quantitative estimate of drug-likeness (QED) is 0.920. The Kier molecular flexibility index (Phi) is 4.55. The van der Waals surface area contributed by atoms with Gasteiger partial charge in [-0.3, -0.25) is 4.68 Å². The van der Waals surface area contributed by atoms with Crippen LogP contribution in [-0.2, 0) is 13.5 Å². The van der Waals surface area contributed by atoms with E-state index in [0.29, 0.717) is 6.04 Å². The molecular formula is C14H18BrN3. The molecule has 1 atom stereocenters. The zero-order valence-electron chi connectivity index (χ0n) is 10.7. The van der Waals surface area contributed by atoms with Crippen molar-refractivity contribution in [1.82, 2.24) is 15.1 Å². The second-order valence-electron chi connectivity index (χ2n) is 4.38. The van der Waals surface area contributed by atoms with Crippen molar-refractivity contribution in [2.45, 2.75) is 18.9 Å². The average molecular weight is 308 g/mol. The monoisotopic (exact) mass is 307 g/mol. The first-order valence-corrected chi connectivity index (χ1v) is 6.89. The summed E-state index contributed by atoms with van der Waals surface area (Å²) < 4.78 is 3.06. The molecule has 0 spiro atoms. The molecule has 0 aliphatic heterocycles. The summed E-state index contributed by atoms with van der Waals surface area (Å²) in [7, 11) is 4.00. The lowest BCUT2D eigenvalue weighted by Gasteiger charge is -2.17. The number of rotatable bonds is 5. The summed E-state index contributed by atoms with van der Waals surface area (Å²) in [6.07, 6.45) is 3.93. The highest BCUT2D eigenvalue weighted by Crippen LogP contribution is 2.22. The number of aryl methyl sites for hydroxylation is 2. The highest BCUT2D eigenvalue weighted by atomic mass is 79.9. The molecule has 1 unspecified atom stereocenters.